The number of carbonyl (C=O) groups is 1. The lowest BCUT2D eigenvalue weighted by molar-refractivity contribution is -0.185. The zero-order valence-corrected chi connectivity index (χ0v) is 10.3. The van der Waals surface area contributed by atoms with Crippen molar-refractivity contribution in [3.8, 4) is 0 Å². The molecule has 6 heteroatoms. The van der Waals surface area contributed by atoms with E-state index in [1.165, 1.54) is 0 Å². The number of halogens is 3. The fourth-order valence-electron chi connectivity index (χ4n) is 1.74. The molecule has 1 aliphatic rings. The second kappa shape index (κ2) is 4.74. The summed E-state index contributed by atoms with van der Waals surface area (Å²) >= 11 is 0. The van der Waals surface area contributed by atoms with Crippen LogP contribution in [0.5, 0.6) is 0 Å². The van der Waals surface area contributed by atoms with Crippen molar-refractivity contribution >= 4 is 6.09 Å². The standard InChI is InChI=1S/C11H18F3NO2/c1-10(2,3)17-9(16)15-6-4-5-8(7-15)11(12,13)14/h8H,4-7H2,1-3H3. The maximum atomic E-state index is 12.5. The van der Waals surface area contributed by atoms with Crippen molar-refractivity contribution in [2.75, 3.05) is 13.1 Å². The highest BCUT2D eigenvalue weighted by Crippen LogP contribution is 2.33. The van der Waals surface area contributed by atoms with Crippen molar-refractivity contribution in [2.24, 2.45) is 5.92 Å². The van der Waals surface area contributed by atoms with Gasteiger partial charge in [0.25, 0.3) is 0 Å². The Bertz CT molecular complexity index is 283. The van der Waals surface area contributed by atoms with Crippen LogP contribution in [-0.4, -0.2) is 35.9 Å². The van der Waals surface area contributed by atoms with Gasteiger partial charge >= 0.3 is 12.3 Å². The largest absolute Gasteiger partial charge is 0.444 e. The maximum Gasteiger partial charge on any atom is 0.410 e. The van der Waals surface area contributed by atoms with Gasteiger partial charge in [0.1, 0.15) is 5.60 Å². The number of piperidine rings is 1. The normalized spacial score (nSPS) is 22.5. The molecule has 1 unspecified atom stereocenters. The quantitative estimate of drug-likeness (QED) is 0.663. The molecule has 1 heterocycles. The SMILES string of the molecule is CC(C)(C)OC(=O)N1CCCC(C(F)(F)F)C1. The van der Waals surface area contributed by atoms with E-state index in [4.69, 9.17) is 4.74 Å². The molecule has 0 aliphatic carbocycles. The monoisotopic (exact) mass is 253 g/mol. The first-order chi connectivity index (χ1) is 7.59. The van der Waals surface area contributed by atoms with Gasteiger partial charge in [0, 0.05) is 13.1 Å². The Hall–Kier alpha value is -0.940. The Morgan fingerprint density at radius 2 is 1.88 bits per heavy atom. The van der Waals surface area contributed by atoms with Gasteiger partial charge in [-0.05, 0) is 33.6 Å². The van der Waals surface area contributed by atoms with Crippen LogP contribution in [0, 0.1) is 5.92 Å². The summed E-state index contributed by atoms with van der Waals surface area (Å²) in [4.78, 5) is 12.8. The summed E-state index contributed by atoms with van der Waals surface area (Å²) in [6.07, 6.45) is -4.45. The van der Waals surface area contributed by atoms with E-state index in [1.54, 1.807) is 20.8 Å². The molecule has 0 radical (unpaired) electrons. The van der Waals surface area contributed by atoms with E-state index >= 15 is 0 Å². The molecule has 100 valence electrons. The molecule has 0 aromatic carbocycles. The highest BCUT2D eigenvalue weighted by atomic mass is 19.4. The Balaban J connectivity index is 2.58. The Labute approximate surface area is 98.9 Å². The summed E-state index contributed by atoms with van der Waals surface area (Å²) in [5.41, 5.74) is -0.678. The van der Waals surface area contributed by atoms with Crippen LogP contribution >= 0.6 is 0 Å². The summed E-state index contributed by atoms with van der Waals surface area (Å²) < 4.78 is 42.7. The van der Waals surface area contributed by atoms with Gasteiger partial charge in [-0.1, -0.05) is 0 Å². The lowest BCUT2D eigenvalue weighted by atomic mass is 9.98. The van der Waals surface area contributed by atoms with Crippen LogP contribution in [0.15, 0.2) is 0 Å². The van der Waals surface area contributed by atoms with Gasteiger partial charge in [-0.15, -0.1) is 0 Å². The lowest BCUT2D eigenvalue weighted by Gasteiger charge is -2.34. The first kappa shape index (κ1) is 14.1. The van der Waals surface area contributed by atoms with Crippen molar-refractivity contribution in [1.82, 2.24) is 4.90 Å². The highest BCUT2D eigenvalue weighted by Gasteiger charge is 2.43. The molecule has 3 nitrogen and oxygen atoms in total. The van der Waals surface area contributed by atoms with Gasteiger partial charge in [0.05, 0.1) is 5.92 Å². The van der Waals surface area contributed by atoms with Crippen LogP contribution in [0.2, 0.25) is 0 Å². The summed E-state index contributed by atoms with van der Waals surface area (Å²) in [7, 11) is 0. The Morgan fingerprint density at radius 1 is 1.29 bits per heavy atom. The van der Waals surface area contributed by atoms with Gasteiger partial charge in [-0.2, -0.15) is 13.2 Å². The third kappa shape index (κ3) is 4.44. The summed E-state index contributed by atoms with van der Waals surface area (Å²) in [6, 6.07) is 0. The second-order valence-electron chi connectivity index (χ2n) is 5.31. The molecule has 1 saturated heterocycles. The van der Waals surface area contributed by atoms with E-state index in [2.05, 4.69) is 0 Å². The minimum absolute atomic E-state index is 0.0861. The lowest BCUT2D eigenvalue weighted by Crippen LogP contribution is -2.46. The molecule has 0 spiro atoms. The van der Waals surface area contributed by atoms with Gasteiger partial charge in [-0.3, -0.25) is 0 Å². The summed E-state index contributed by atoms with van der Waals surface area (Å²) in [5.74, 6) is -1.43. The number of amides is 1. The number of ether oxygens (including phenoxy) is 1. The molecular formula is C11H18F3NO2. The van der Waals surface area contributed by atoms with Crippen LogP contribution in [0.4, 0.5) is 18.0 Å². The first-order valence-electron chi connectivity index (χ1n) is 5.64. The summed E-state index contributed by atoms with van der Waals surface area (Å²) in [6.45, 7) is 5.11. The minimum atomic E-state index is -4.24. The molecule has 1 fully saturated rings. The van der Waals surface area contributed by atoms with E-state index in [1.807, 2.05) is 0 Å². The maximum absolute atomic E-state index is 12.5. The number of rotatable bonds is 0. The van der Waals surface area contributed by atoms with Crippen molar-refractivity contribution in [1.29, 1.82) is 0 Å². The average molecular weight is 253 g/mol. The molecule has 17 heavy (non-hydrogen) atoms. The summed E-state index contributed by atoms with van der Waals surface area (Å²) in [5, 5.41) is 0. The highest BCUT2D eigenvalue weighted by molar-refractivity contribution is 5.68. The molecule has 1 atom stereocenters. The molecule has 0 bridgehead atoms. The topological polar surface area (TPSA) is 29.5 Å². The van der Waals surface area contributed by atoms with Crippen molar-refractivity contribution in [3.05, 3.63) is 0 Å². The number of carbonyl (C=O) groups excluding carboxylic acids is 1. The zero-order chi connectivity index (χ0) is 13.3. The van der Waals surface area contributed by atoms with Crippen LogP contribution < -0.4 is 0 Å². The smallest absolute Gasteiger partial charge is 0.410 e. The molecule has 0 saturated carbocycles. The third-order valence-electron chi connectivity index (χ3n) is 2.54. The number of hydrogen-bond donors (Lipinski definition) is 0. The van der Waals surface area contributed by atoms with Crippen molar-refractivity contribution in [3.63, 3.8) is 0 Å². The predicted molar refractivity (Wildman–Crippen MR) is 56.6 cm³/mol. The van der Waals surface area contributed by atoms with Gasteiger partial charge in [-0.25, -0.2) is 4.79 Å². The van der Waals surface area contributed by atoms with E-state index in [0.29, 0.717) is 13.0 Å². The molecule has 0 aromatic rings. The molecular weight excluding hydrogens is 235 g/mol. The first-order valence-corrected chi connectivity index (χ1v) is 5.64. The zero-order valence-electron chi connectivity index (χ0n) is 10.3. The van der Waals surface area contributed by atoms with Crippen molar-refractivity contribution in [2.45, 2.75) is 45.4 Å². The van der Waals surface area contributed by atoms with Crippen LogP contribution in [0.1, 0.15) is 33.6 Å². The van der Waals surface area contributed by atoms with E-state index in [0.717, 1.165) is 4.90 Å². The van der Waals surface area contributed by atoms with Crippen LogP contribution in [0.3, 0.4) is 0 Å². The fraction of sp³-hybridized carbons (Fsp3) is 0.909. The minimum Gasteiger partial charge on any atom is -0.444 e. The molecule has 0 aromatic heterocycles. The molecule has 1 rings (SSSR count). The Morgan fingerprint density at radius 3 is 2.35 bits per heavy atom. The number of nitrogens with zero attached hydrogens (tertiary/aromatic N) is 1. The molecule has 0 N–H and O–H groups in total. The number of likely N-dealkylation sites (tertiary alicyclic amines) is 1. The fourth-order valence-corrected chi connectivity index (χ4v) is 1.74. The van der Waals surface area contributed by atoms with Gasteiger partial charge < -0.3 is 9.64 Å². The number of hydrogen-bond acceptors (Lipinski definition) is 2. The van der Waals surface area contributed by atoms with Crippen molar-refractivity contribution < 1.29 is 22.7 Å². The Kier molecular flexibility index (Phi) is 3.94. The van der Waals surface area contributed by atoms with E-state index in [-0.39, 0.29) is 13.0 Å². The average Bonchev–Trinajstić information content (AvgIpc) is 2.14. The molecule has 1 aliphatic heterocycles. The van der Waals surface area contributed by atoms with Gasteiger partial charge in [0.2, 0.25) is 0 Å². The predicted octanol–water partition coefficient (Wildman–Crippen LogP) is 3.20. The van der Waals surface area contributed by atoms with Crippen LogP contribution in [0.25, 0.3) is 0 Å². The van der Waals surface area contributed by atoms with E-state index in [9.17, 15) is 18.0 Å². The van der Waals surface area contributed by atoms with E-state index < -0.39 is 23.8 Å². The van der Waals surface area contributed by atoms with Gasteiger partial charge in [0.15, 0.2) is 0 Å². The molecule has 1 amide bonds. The number of alkyl halides is 3. The van der Waals surface area contributed by atoms with Crippen LogP contribution in [-0.2, 0) is 4.74 Å². The second-order valence-corrected chi connectivity index (χ2v) is 5.31. The third-order valence-corrected chi connectivity index (χ3v) is 2.54.